The first-order valence-electron chi connectivity index (χ1n) is 12.6. The van der Waals surface area contributed by atoms with Crippen molar-refractivity contribution >= 4 is 22.6 Å². The Hall–Kier alpha value is -4.17. The third-order valence-electron chi connectivity index (χ3n) is 6.70. The summed E-state index contributed by atoms with van der Waals surface area (Å²) in [4.78, 5) is 38.8. The molecular weight excluding hydrogens is 466 g/mol. The van der Waals surface area contributed by atoms with E-state index < -0.39 is 5.91 Å². The number of hydrogen-bond donors (Lipinski definition) is 2. The quantitative estimate of drug-likeness (QED) is 0.387. The predicted molar refractivity (Wildman–Crippen MR) is 145 cm³/mol. The van der Waals surface area contributed by atoms with Crippen LogP contribution in [0.15, 0.2) is 83.9 Å². The summed E-state index contributed by atoms with van der Waals surface area (Å²) in [6, 6.07) is 20.9. The van der Waals surface area contributed by atoms with Gasteiger partial charge >= 0.3 is 0 Å². The van der Waals surface area contributed by atoms with Crippen molar-refractivity contribution in [1.82, 2.24) is 20.2 Å². The molecule has 5 rings (SSSR count). The number of nitrogens with zero attached hydrogens (tertiary/aromatic N) is 3. The second kappa shape index (κ2) is 11.3. The fourth-order valence-corrected chi connectivity index (χ4v) is 4.74. The number of fused-ring (bicyclic) bond motifs is 1. The molecule has 1 aliphatic heterocycles. The van der Waals surface area contributed by atoms with Gasteiger partial charge in [0.15, 0.2) is 0 Å². The van der Waals surface area contributed by atoms with Crippen LogP contribution in [-0.2, 0) is 0 Å². The van der Waals surface area contributed by atoms with Crippen molar-refractivity contribution in [2.24, 2.45) is 0 Å². The fourth-order valence-electron chi connectivity index (χ4n) is 4.74. The molecule has 0 radical (unpaired) electrons. The summed E-state index contributed by atoms with van der Waals surface area (Å²) in [7, 11) is 0. The lowest BCUT2D eigenvalue weighted by Crippen LogP contribution is -2.49. The molecule has 0 spiro atoms. The van der Waals surface area contributed by atoms with Crippen LogP contribution in [0.5, 0.6) is 5.75 Å². The Balaban J connectivity index is 1.33. The van der Waals surface area contributed by atoms with Gasteiger partial charge in [-0.1, -0.05) is 36.4 Å². The number of amides is 1. The highest BCUT2D eigenvalue weighted by molar-refractivity contribution is 5.97. The largest absolute Gasteiger partial charge is 0.494 e. The van der Waals surface area contributed by atoms with Crippen molar-refractivity contribution in [3.8, 4) is 5.75 Å². The smallest absolute Gasteiger partial charge is 0.257 e. The number of carbonyl (C=O) groups excluding carboxylic acids is 1. The van der Waals surface area contributed by atoms with Gasteiger partial charge in [-0.05, 0) is 42.8 Å². The Morgan fingerprint density at radius 1 is 1.05 bits per heavy atom. The van der Waals surface area contributed by atoms with E-state index in [1.807, 2.05) is 61.7 Å². The fraction of sp³-hybridized carbons (Fsp3) is 0.276. The average Bonchev–Trinajstić information content (AvgIpc) is 2.94. The first kappa shape index (κ1) is 24.5. The zero-order valence-electron chi connectivity index (χ0n) is 20.9. The predicted octanol–water partition coefficient (Wildman–Crippen LogP) is 3.62. The lowest BCUT2D eigenvalue weighted by atomic mass is 10.0. The maximum atomic E-state index is 13.4. The summed E-state index contributed by atoms with van der Waals surface area (Å²) < 4.78 is 5.55. The number of aromatic amines is 1. The third-order valence-corrected chi connectivity index (χ3v) is 6.70. The van der Waals surface area contributed by atoms with Gasteiger partial charge in [0.05, 0.1) is 12.6 Å². The van der Waals surface area contributed by atoms with E-state index in [-0.39, 0.29) is 17.0 Å². The van der Waals surface area contributed by atoms with Gasteiger partial charge in [0.25, 0.3) is 5.91 Å². The van der Waals surface area contributed by atoms with Crippen LogP contribution in [0, 0.1) is 0 Å². The Bertz CT molecular complexity index is 1400. The number of pyridine rings is 2. The SMILES string of the molecule is CCOc1ccc2[nH]cc(C(=O)NC(CN3CCN(c4ccccn4)CC3)c3ccccc3)c(=O)c2c1. The van der Waals surface area contributed by atoms with Crippen LogP contribution < -0.4 is 20.4 Å². The van der Waals surface area contributed by atoms with Gasteiger partial charge < -0.3 is 19.9 Å². The number of hydrogen-bond acceptors (Lipinski definition) is 6. The number of anilines is 1. The first-order chi connectivity index (χ1) is 18.1. The molecule has 8 heteroatoms. The summed E-state index contributed by atoms with van der Waals surface area (Å²) >= 11 is 0. The number of nitrogens with one attached hydrogen (secondary N) is 2. The van der Waals surface area contributed by atoms with Gasteiger partial charge in [0.1, 0.15) is 17.1 Å². The number of H-pyrrole nitrogens is 1. The van der Waals surface area contributed by atoms with Crippen molar-refractivity contribution in [2.75, 3.05) is 44.2 Å². The van der Waals surface area contributed by atoms with Crippen LogP contribution in [0.25, 0.3) is 10.9 Å². The van der Waals surface area contributed by atoms with Crippen LogP contribution in [-0.4, -0.2) is 60.1 Å². The van der Waals surface area contributed by atoms with Crippen molar-refractivity contribution in [2.45, 2.75) is 13.0 Å². The minimum Gasteiger partial charge on any atom is -0.494 e. The zero-order chi connectivity index (χ0) is 25.6. The van der Waals surface area contributed by atoms with Crippen molar-refractivity contribution in [3.63, 3.8) is 0 Å². The van der Waals surface area contributed by atoms with E-state index >= 15 is 0 Å². The Kier molecular flexibility index (Phi) is 7.46. The second-order valence-corrected chi connectivity index (χ2v) is 9.08. The lowest BCUT2D eigenvalue weighted by Gasteiger charge is -2.37. The molecule has 8 nitrogen and oxygen atoms in total. The van der Waals surface area contributed by atoms with E-state index in [0.717, 1.165) is 37.6 Å². The van der Waals surface area contributed by atoms with Gasteiger partial charge in [-0.15, -0.1) is 0 Å². The van der Waals surface area contributed by atoms with E-state index in [2.05, 4.69) is 25.1 Å². The summed E-state index contributed by atoms with van der Waals surface area (Å²) in [5.41, 5.74) is 1.43. The number of ether oxygens (including phenoxy) is 1. The molecule has 2 aromatic carbocycles. The molecule has 4 aromatic rings. The molecule has 2 aromatic heterocycles. The van der Waals surface area contributed by atoms with Crippen LogP contribution in [0.1, 0.15) is 28.9 Å². The molecule has 1 atom stereocenters. The van der Waals surface area contributed by atoms with Crippen LogP contribution >= 0.6 is 0 Å². The number of rotatable bonds is 8. The molecule has 0 bridgehead atoms. The monoisotopic (exact) mass is 497 g/mol. The summed E-state index contributed by atoms with van der Waals surface area (Å²) in [6.07, 6.45) is 3.31. The lowest BCUT2D eigenvalue weighted by molar-refractivity contribution is 0.0921. The van der Waals surface area contributed by atoms with E-state index in [4.69, 9.17) is 4.74 Å². The molecule has 1 unspecified atom stereocenters. The highest BCUT2D eigenvalue weighted by atomic mass is 16.5. The normalized spacial score (nSPS) is 14.9. The maximum absolute atomic E-state index is 13.4. The topological polar surface area (TPSA) is 90.6 Å². The zero-order valence-corrected chi connectivity index (χ0v) is 20.9. The van der Waals surface area contributed by atoms with Gasteiger partial charge in [0.2, 0.25) is 5.43 Å². The van der Waals surface area contributed by atoms with Crippen LogP contribution in [0.2, 0.25) is 0 Å². The highest BCUT2D eigenvalue weighted by Gasteiger charge is 2.24. The number of benzene rings is 2. The highest BCUT2D eigenvalue weighted by Crippen LogP contribution is 2.20. The van der Waals surface area contributed by atoms with E-state index in [1.165, 1.54) is 6.20 Å². The molecule has 1 fully saturated rings. The molecule has 0 saturated carbocycles. The number of aromatic nitrogens is 2. The molecule has 1 amide bonds. The second-order valence-electron chi connectivity index (χ2n) is 9.08. The molecule has 3 heterocycles. The van der Waals surface area contributed by atoms with E-state index in [0.29, 0.717) is 29.8 Å². The molecule has 0 aliphatic carbocycles. The molecule has 1 saturated heterocycles. The Morgan fingerprint density at radius 2 is 1.84 bits per heavy atom. The summed E-state index contributed by atoms with van der Waals surface area (Å²) in [5.74, 6) is 1.19. The standard InChI is InChI=1S/C29H31N5O3/c1-2-37-22-11-12-25-23(18-22)28(35)24(19-31-25)29(36)32-26(21-8-4-3-5-9-21)20-33-14-16-34(17-15-33)27-10-6-7-13-30-27/h3-13,18-19,26H,2,14-17,20H2,1H3,(H,31,35)(H,32,36). The van der Waals surface area contributed by atoms with E-state index in [1.54, 1.807) is 18.2 Å². The molecule has 1 aliphatic rings. The number of piperazine rings is 1. The van der Waals surface area contributed by atoms with Gasteiger partial charge in [-0.25, -0.2) is 4.98 Å². The maximum Gasteiger partial charge on any atom is 0.257 e. The molecule has 2 N–H and O–H groups in total. The van der Waals surface area contributed by atoms with E-state index in [9.17, 15) is 9.59 Å². The van der Waals surface area contributed by atoms with Gasteiger partial charge in [-0.3, -0.25) is 14.5 Å². The van der Waals surface area contributed by atoms with Crippen molar-refractivity contribution in [3.05, 3.63) is 100 Å². The van der Waals surface area contributed by atoms with Gasteiger partial charge in [0, 0.05) is 56.0 Å². The molecular formula is C29H31N5O3. The minimum absolute atomic E-state index is 0.0852. The Labute approximate surface area is 215 Å². The first-order valence-corrected chi connectivity index (χ1v) is 12.6. The van der Waals surface area contributed by atoms with Gasteiger partial charge in [-0.2, -0.15) is 0 Å². The molecule has 190 valence electrons. The Morgan fingerprint density at radius 3 is 2.57 bits per heavy atom. The summed E-state index contributed by atoms with van der Waals surface area (Å²) in [6.45, 7) is 6.46. The van der Waals surface area contributed by atoms with Crippen LogP contribution in [0.4, 0.5) is 5.82 Å². The van der Waals surface area contributed by atoms with Crippen LogP contribution in [0.3, 0.4) is 0 Å². The van der Waals surface area contributed by atoms with Crippen molar-refractivity contribution < 1.29 is 9.53 Å². The third kappa shape index (κ3) is 5.65. The minimum atomic E-state index is -0.397. The summed E-state index contributed by atoms with van der Waals surface area (Å²) in [5, 5.41) is 3.56. The van der Waals surface area contributed by atoms with Crippen molar-refractivity contribution in [1.29, 1.82) is 0 Å². The molecule has 37 heavy (non-hydrogen) atoms. The number of carbonyl (C=O) groups is 1. The average molecular weight is 498 g/mol.